The van der Waals surface area contributed by atoms with Gasteiger partial charge in [0.2, 0.25) is 6.86 Å². The number of hydroxylamine groups is 2. The molecular formula is C28H34F3NO5S. The van der Waals surface area contributed by atoms with E-state index < -0.39 is 70.7 Å². The minimum atomic E-state index is -2.29. The molecule has 1 heterocycles. The van der Waals surface area contributed by atoms with Gasteiger partial charge >= 0.3 is 5.97 Å². The molecule has 3 saturated carbocycles. The summed E-state index contributed by atoms with van der Waals surface area (Å²) >= 11 is 1.51. The Balaban J connectivity index is 1.59. The average Bonchev–Trinajstić information content (AvgIpc) is 3.43. The zero-order valence-corrected chi connectivity index (χ0v) is 22.8. The van der Waals surface area contributed by atoms with E-state index in [4.69, 9.17) is 9.57 Å². The number of fused-ring (bicyclic) bond motifs is 5. The zero-order valence-electron chi connectivity index (χ0n) is 22.0. The molecule has 5 rings (SSSR count). The van der Waals surface area contributed by atoms with Crippen LogP contribution >= 0.6 is 11.3 Å². The van der Waals surface area contributed by atoms with Gasteiger partial charge in [-0.3, -0.25) is 9.63 Å². The molecule has 3 fully saturated rings. The van der Waals surface area contributed by atoms with Gasteiger partial charge in [-0.05, 0) is 67.2 Å². The molecule has 4 aliphatic rings. The number of ether oxygens (including phenoxy) is 1. The monoisotopic (exact) mass is 553 g/mol. The third-order valence-electron chi connectivity index (χ3n) is 9.92. The maximum absolute atomic E-state index is 17.4. The van der Waals surface area contributed by atoms with Crippen molar-refractivity contribution in [1.82, 2.24) is 5.06 Å². The Morgan fingerprint density at radius 3 is 2.68 bits per heavy atom. The predicted molar refractivity (Wildman–Crippen MR) is 135 cm³/mol. The molecule has 0 spiro atoms. The molecule has 4 aliphatic carbocycles. The van der Waals surface area contributed by atoms with Crippen LogP contribution in [0.15, 0.2) is 41.3 Å². The van der Waals surface area contributed by atoms with E-state index in [2.05, 4.69) is 0 Å². The lowest BCUT2D eigenvalue weighted by molar-refractivity contribution is -0.304. The van der Waals surface area contributed by atoms with E-state index in [0.29, 0.717) is 6.54 Å². The number of carbonyl (C=O) groups is 2. The van der Waals surface area contributed by atoms with Gasteiger partial charge in [-0.15, -0.1) is 11.3 Å². The second-order valence-corrected chi connectivity index (χ2v) is 12.8. The summed E-state index contributed by atoms with van der Waals surface area (Å²) in [6, 6.07) is 3.81. The molecule has 6 nitrogen and oxygen atoms in total. The Hall–Kier alpha value is -2.01. The van der Waals surface area contributed by atoms with Gasteiger partial charge in [-0.25, -0.2) is 18.0 Å². The molecule has 0 unspecified atom stereocenters. The maximum atomic E-state index is 17.4. The molecule has 0 amide bonds. The summed E-state index contributed by atoms with van der Waals surface area (Å²) in [4.78, 5) is 33.0. The number of nitrogens with zero attached hydrogens (tertiary/aromatic N) is 1. The highest BCUT2D eigenvalue weighted by atomic mass is 32.1. The molecule has 0 aromatic carbocycles. The highest BCUT2D eigenvalue weighted by Crippen LogP contribution is 2.71. The van der Waals surface area contributed by atoms with Gasteiger partial charge in [0.15, 0.2) is 17.1 Å². The van der Waals surface area contributed by atoms with Crippen LogP contribution in [0.25, 0.3) is 0 Å². The van der Waals surface area contributed by atoms with E-state index in [9.17, 15) is 19.1 Å². The highest BCUT2D eigenvalue weighted by Gasteiger charge is 2.78. The smallest absolute Gasteiger partial charge is 0.343 e. The third-order valence-corrected chi connectivity index (χ3v) is 10.8. The fourth-order valence-corrected chi connectivity index (χ4v) is 8.99. The van der Waals surface area contributed by atoms with Crippen molar-refractivity contribution in [2.75, 3.05) is 13.9 Å². The van der Waals surface area contributed by atoms with Crippen molar-refractivity contribution in [3.8, 4) is 0 Å². The number of allylic oxidation sites excluding steroid dienone is 4. The molecule has 1 aromatic heterocycles. The predicted octanol–water partition coefficient (Wildman–Crippen LogP) is 4.89. The number of thiophene rings is 1. The van der Waals surface area contributed by atoms with E-state index in [1.165, 1.54) is 35.5 Å². The second-order valence-electron chi connectivity index (χ2n) is 11.7. The van der Waals surface area contributed by atoms with Crippen LogP contribution in [0.3, 0.4) is 0 Å². The molecule has 208 valence electrons. The lowest BCUT2D eigenvalue weighted by Gasteiger charge is -2.63. The zero-order chi connectivity index (χ0) is 27.7. The van der Waals surface area contributed by atoms with Crippen molar-refractivity contribution in [1.29, 1.82) is 0 Å². The van der Waals surface area contributed by atoms with Crippen LogP contribution < -0.4 is 0 Å². The van der Waals surface area contributed by atoms with E-state index in [1.807, 2.05) is 17.5 Å². The summed E-state index contributed by atoms with van der Waals surface area (Å²) in [5, 5.41) is 15.0. The number of halogens is 3. The van der Waals surface area contributed by atoms with Crippen molar-refractivity contribution in [2.24, 2.45) is 28.6 Å². The summed E-state index contributed by atoms with van der Waals surface area (Å²) in [6.45, 7) is 4.02. The first-order valence-corrected chi connectivity index (χ1v) is 13.8. The SMILES string of the molecule is C[C@@H]1C[C@H]2[C@@H]3C[C@H](F)C4=CC(=O)C=C[C@]4(C)[C@@]3(F)[C@@H](O)C[C@]2(C)[C@@]1(ON(C)Cc1cccs1)C(=O)OCF. The Morgan fingerprint density at radius 1 is 1.29 bits per heavy atom. The van der Waals surface area contributed by atoms with Gasteiger partial charge in [-0.2, -0.15) is 5.06 Å². The molecule has 1 N–H and O–H groups in total. The molecule has 0 radical (unpaired) electrons. The lowest BCUT2D eigenvalue weighted by Crippen LogP contribution is -2.71. The van der Waals surface area contributed by atoms with E-state index in [1.54, 1.807) is 20.9 Å². The number of aliphatic hydroxyl groups excluding tert-OH is 1. The number of aliphatic hydroxyl groups is 1. The normalized spacial score (nSPS) is 43.9. The van der Waals surface area contributed by atoms with Crippen molar-refractivity contribution < 1.29 is 37.4 Å². The first kappa shape index (κ1) is 27.6. The number of hydrogen-bond acceptors (Lipinski definition) is 7. The molecule has 10 heteroatoms. The Bertz CT molecular complexity index is 1180. The number of ketones is 1. The third kappa shape index (κ3) is 3.56. The Morgan fingerprint density at radius 2 is 2.03 bits per heavy atom. The molecule has 0 bridgehead atoms. The number of rotatable bonds is 6. The van der Waals surface area contributed by atoms with Crippen molar-refractivity contribution >= 4 is 23.1 Å². The first-order chi connectivity index (χ1) is 17.8. The number of hydrogen-bond donors (Lipinski definition) is 1. The van der Waals surface area contributed by atoms with Crippen LogP contribution in [-0.4, -0.2) is 59.4 Å². The fourth-order valence-electron chi connectivity index (χ4n) is 8.25. The quantitative estimate of drug-likeness (QED) is 0.400. The van der Waals surface area contributed by atoms with Gasteiger partial charge in [-0.1, -0.05) is 26.0 Å². The molecular weight excluding hydrogens is 519 g/mol. The number of alkyl halides is 3. The van der Waals surface area contributed by atoms with E-state index >= 15 is 8.78 Å². The van der Waals surface area contributed by atoms with Crippen LogP contribution in [0.1, 0.15) is 44.9 Å². The largest absolute Gasteiger partial charge is 0.432 e. The number of carbonyl (C=O) groups excluding carboxylic acids is 2. The Labute approximate surface area is 224 Å². The summed E-state index contributed by atoms with van der Waals surface area (Å²) in [5.74, 6) is -3.46. The van der Waals surface area contributed by atoms with Crippen LogP contribution in [-0.2, 0) is 25.7 Å². The van der Waals surface area contributed by atoms with Gasteiger partial charge < -0.3 is 9.84 Å². The van der Waals surface area contributed by atoms with Gasteiger partial charge in [0.1, 0.15) is 6.17 Å². The fraction of sp³-hybridized carbons (Fsp3) is 0.643. The topological polar surface area (TPSA) is 76.1 Å². The van der Waals surface area contributed by atoms with E-state index in [0.717, 1.165) is 11.0 Å². The molecule has 9 atom stereocenters. The van der Waals surface area contributed by atoms with Crippen LogP contribution in [0, 0.1) is 28.6 Å². The first-order valence-electron chi connectivity index (χ1n) is 13.0. The number of esters is 1. The molecule has 0 aliphatic heterocycles. The van der Waals surface area contributed by atoms with Gasteiger partial charge in [0.25, 0.3) is 0 Å². The van der Waals surface area contributed by atoms with Crippen LogP contribution in [0.4, 0.5) is 13.2 Å². The van der Waals surface area contributed by atoms with E-state index in [-0.39, 0.29) is 24.8 Å². The van der Waals surface area contributed by atoms with Crippen molar-refractivity contribution in [3.63, 3.8) is 0 Å². The molecule has 38 heavy (non-hydrogen) atoms. The minimum absolute atomic E-state index is 0.0347. The van der Waals surface area contributed by atoms with Crippen molar-refractivity contribution in [2.45, 2.75) is 70.1 Å². The minimum Gasteiger partial charge on any atom is -0.432 e. The van der Waals surface area contributed by atoms with Crippen LogP contribution in [0.5, 0.6) is 0 Å². The average molecular weight is 554 g/mol. The van der Waals surface area contributed by atoms with Crippen molar-refractivity contribution in [3.05, 3.63) is 46.2 Å². The van der Waals surface area contributed by atoms with Gasteiger partial charge in [0.05, 0.1) is 12.6 Å². The van der Waals surface area contributed by atoms with Gasteiger partial charge in [0, 0.05) is 28.7 Å². The summed E-state index contributed by atoms with van der Waals surface area (Å²) in [5.41, 5.74) is -6.72. The lowest BCUT2D eigenvalue weighted by atomic mass is 9.44. The standard InChI is InChI=1S/C28H34F3NO5S/c1-16-10-19-20-12-22(30)21-11-17(33)7-8-25(21,2)27(20,31)23(34)13-26(19,3)28(16,24(35)36-15-29)37-32(4)14-18-6-5-9-38-18/h5-9,11,16,19-20,22-23,34H,10,12-15H2,1-4H3/t16-,19+,20+,22+,23+,25+,26+,27+,28+/m1/s1. The molecule has 0 saturated heterocycles. The highest BCUT2D eigenvalue weighted by molar-refractivity contribution is 7.09. The summed E-state index contributed by atoms with van der Waals surface area (Å²) in [6.07, 6.45) is 0.397. The maximum Gasteiger partial charge on any atom is 0.343 e. The summed E-state index contributed by atoms with van der Waals surface area (Å²) in [7, 11) is 1.66. The Kier molecular flexibility index (Phi) is 6.73. The molecule has 1 aromatic rings. The second kappa shape index (κ2) is 9.28. The summed E-state index contributed by atoms with van der Waals surface area (Å²) < 4.78 is 51.5. The van der Waals surface area contributed by atoms with Crippen LogP contribution in [0.2, 0.25) is 0 Å².